The molecule has 0 saturated carbocycles. The SMILES string of the molecule is CCC1OC(=O)C(C)C(=O)C(C)C(OC2OC(C)CC(N(C)C)C2O)C2(C)CC(C)C(=NC(C)=O)C(C)C(OC/C(=N\OCc3ccc(-n4cccn4)nc3)CO2)C1(C)O. The van der Waals surface area contributed by atoms with Crippen molar-refractivity contribution in [1.29, 1.82) is 0 Å². The summed E-state index contributed by atoms with van der Waals surface area (Å²) in [4.78, 5) is 58.0. The summed E-state index contributed by atoms with van der Waals surface area (Å²) in [5.74, 6) is -4.71. The van der Waals surface area contributed by atoms with Crippen molar-refractivity contribution in [2.75, 3.05) is 27.3 Å². The number of fused-ring (bicyclic) bond motifs is 5. The maximum Gasteiger partial charge on any atom is 0.316 e. The van der Waals surface area contributed by atoms with Gasteiger partial charge < -0.3 is 43.6 Å². The average Bonchev–Trinajstić information content (AvgIpc) is 3.74. The van der Waals surface area contributed by atoms with Crippen LogP contribution in [0.15, 0.2) is 46.9 Å². The normalized spacial score (nSPS) is 37.6. The van der Waals surface area contributed by atoms with E-state index in [-0.39, 0.29) is 50.5 Å². The molecule has 2 N–H and O–H groups in total. The third-order valence-corrected chi connectivity index (χ3v) is 12.1. The zero-order valence-corrected chi connectivity index (χ0v) is 36.8. The van der Waals surface area contributed by atoms with Crippen LogP contribution in [-0.4, -0.2) is 140 Å². The fraction of sp³-hybridized carbons (Fsp3) is 0.698. The number of hydrogen-bond donors (Lipinski definition) is 2. The zero-order chi connectivity index (χ0) is 44.1. The molecule has 332 valence electrons. The van der Waals surface area contributed by atoms with Crippen LogP contribution in [0, 0.1) is 23.7 Å². The maximum absolute atomic E-state index is 14.5. The van der Waals surface area contributed by atoms with Crippen molar-refractivity contribution in [2.24, 2.45) is 33.8 Å². The van der Waals surface area contributed by atoms with E-state index in [2.05, 4.69) is 20.2 Å². The highest BCUT2D eigenvalue weighted by Crippen LogP contribution is 2.40. The molecule has 0 radical (unpaired) electrons. The number of pyridine rings is 1. The summed E-state index contributed by atoms with van der Waals surface area (Å²) in [6.45, 7) is 14.7. The van der Waals surface area contributed by atoms with Crippen LogP contribution in [0.2, 0.25) is 0 Å². The number of oxime groups is 1. The summed E-state index contributed by atoms with van der Waals surface area (Å²) < 4.78 is 34.1. The largest absolute Gasteiger partial charge is 0.459 e. The Bertz CT molecular complexity index is 1840. The first-order valence-corrected chi connectivity index (χ1v) is 20.9. The van der Waals surface area contributed by atoms with Crippen molar-refractivity contribution >= 4 is 29.1 Å². The van der Waals surface area contributed by atoms with Gasteiger partial charge in [0.05, 0.1) is 37.1 Å². The summed E-state index contributed by atoms with van der Waals surface area (Å²) in [7, 11) is 3.73. The Balaban J connectivity index is 1.63. The molecule has 2 aromatic heterocycles. The molecule has 17 heteroatoms. The second kappa shape index (κ2) is 19.8. The first kappa shape index (κ1) is 47.1. The number of aromatic nitrogens is 3. The number of amides is 1. The molecule has 13 unspecified atom stereocenters. The van der Waals surface area contributed by atoms with E-state index in [0.29, 0.717) is 18.0 Å². The van der Waals surface area contributed by atoms with Gasteiger partial charge in [0, 0.05) is 54.7 Å². The van der Waals surface area contributed by atoms with Gasteiger partial charge in [-0.15, -0.1) is 0 Å². The molecule has 60 heavy (non-hydrogen) atoms. The van der Waals surface area contributed by atoms with Crippen LogP contribution >= 0.6 is 0 Å². The lowest BCUT2D eigenvalue weighted by molar-refractivity contribution is -0.296. The van der Waals surface area contributed by atoms with E-state index < -0.39 is 83.2 Å². The molecular weight excluding hydrogens is 777 g/mol. The number of rotatable bonds is 8. The topological polar surface area (TPSA) is 206 Å². The number of likely N-dealkylation sites (N-methyl/N-ethyl adjacent to an activating group) is 1. The number of carbonyl (C=O) groups is 3. The van der Waals surface area contributed by atoms with Gasteiger partial charge in [-0.25, -0.2) is 14.7 Å². The van der Waals surface area contributed by atoms with Gasteiger partial charge in [-0.05, 0) is 79.1 Å². The van der Waals surface area contributed by atoms with Gasteiger partial charge in [-0.3, -0.25) is 14.4 Å². The fourth-order valence-electron chi connectivity index (χ4n) is 8.85. The van der Waals surface area contributed by atoms with Gasteiger partial charge in [0.25, 0.3) is 0 Å². The number of aliphatic hydroxyl groups excluding tert-OH is 1. The minimum absolute atomic E-state index is 0.0440. The Hall–Kier alpha value is -3.97. The molecule has 3 aliphatic rings. The lowest BCUT2D eigenvalue weighted by Gasteiger charge is -2.47. The van der Waals surface area contributed by atoms with E-state index in [9.17, 15) is 24.6 Å². The van der Waals surface area contributed by atoms with E-state index in [1.807, 2.05) is 38.9 Å². The number of Topliss-reactive ketones (excluding diaryl/α,β-unsaturated/α-hetero) is 1. The Labute approximate surface area is 352 Å². The first-order valence-electron chi connectivity index (χ1n) is 20.9. The standard InChI is InChI=1S/C43H64N6O11/c1-12-33-43(9,54)39-26(4)35(46-29(7)50)24(2)19-42(8,56-23-31(22-55-39)47-57-21-30-14-15-34(44-20-30)49-17-13-16-45-49)38(27(5)36(51)28(6)40(53)59-33)60-41-37(52)32(48(10)11)18-25(3)58-41/h13-17,20,24-28,32-33,37-39,41,52,54H,12,18-19,21-23H2,1-11H3/b46-35?,47-31+. The molecule has 3 aliphatic heterocycles. The van der Waals surface area contributed by atoms with E-state index in [1.165, 1.54) is 20.8 Å². The number of cyclic esters (lactones) is 1. The van der Waals surface area contributed by atoms with Gasteiger partial charge >= 0.3 is 5.97 Å². The molecule has 3 saturated heterocycles. The van der Waals surface area contributed by atoms with Crippen LogP contribution < -0.4 is 0 Å². The van der Waals surface area contributed by atoms with Crippen LogP contribution in [0.5, 0.6) is 0 Å². The van der Waals surface area contributed by atoms with Crippen LogP contribution in [0.1, 0.15) is 87.1 Å². The number of hydrogen-bond acceptors (Lipinski definition) is 15. The highest BCUT2D eigenvalue weighted by molar-refractivity contribution is 6.00. The van der Waals surface area contributed by atoms with Gasteiger partial charge in [-0.1, -0.05) is 38.9 Å². The quantitative estimate of drug-likeness (QED) is 0.221. The number of esters is 1. The van der Waals surface area contributed by atoms with Crippen LogP contribution in [0.25, 0.3) is 5.82 Å². The minimum atomic E-state index is -1.86. The van der Waals surface area contributed by atoms with Crippen molar-refractivity contribution in [2.45, 2.75) is 142 Å². The summed E-state index contributed by atoms with van der Waals surface area (Å²) >= 11 is 0. The van der Waals surface area contributed by atoms with Gasteiger partial charge in [0.1, 0.15) is 36.0 Å². The van der Waals surface area contributed by atoms with Gasteiger partial charge in [-0.2, -0.15) is 5.10 Å². The molecule has 3 fully saturated rings. The van der Waals surface area contributed by atoms with Crippen LogP contribution in [0.3, 0.4) is 0 Å². The van der Waals surface area contributed by atoms with Crippen molar-refractivity contribution < 1.29 is 53.1 Å². The van der Waals surface area contributed by atoms with Gasteiger partial charge in [0.15, 0.2) is 17.9 Å². The number of aliphatic hydroxyl groups is 2. The first-order chi connectivity index (χ1) is 28.3. The number of nitrogens with zero attached hydrogens (tertiary/aromatic N) is 6. The second-order valence-corrected chi connectivity index (χ2v) is 17.3. The maximum atomic E-state index is 14.5. The second-order valence-electron chi connectivity index (χ2n) is 17.3. The molecule has 2 aromatic rings. The molecule has 0 aliphatic carbocycles. The molecule has 17 nitrogen and oxygen atoms in total. The van der Waals surface area contributed by atoms with Crippen molar-refractivity contribution in [3.63, 3.8) is 0 Å². The molecular formula is C43H64N6O11. The molecule has 1 amide bonds. The highest BCUT2D eigenvalue weighted by Gasteiger charge is 2.53. The molecule has 2 bridgehead atoms. The van der Waals surface area contributed by atoms with Crippen molar-refractivity contribution in [1.82, 2.24) is 19.7 Å². The lowest BCUT2D eigenvalue weighted by atomic mass is 9.73. The summed E-state index contributed by atoms with van der Waals surface area (Å²) in [5.41, 5.74) is -1.84. The predicted octanol–water partition coefficient (Wildman–Crippen LogP) is 3.70. The fourth-order valence-corrected chi connectivity index (χ4v) is 8.85. The van der Waals surface area contributed by atoms with Crippen molar-refractivity contribution in [3.05, 3.63) is 42.4 Å². The van der Waals surface area contributed by atoms with Crippen molar-refractivity contribution in [3.8, 4) is 5.82 Å². The van der Waals surface area contributed by atoms with E-state index in [1.54, 1.807) is 63.1 Å². The minimum Gasteiger partial charge on any atom is -0.459 e. The van der Waals surface area contributed by atoms with Gasteiger partial charge in [0.2, 0.25) is 5.91 Å². The third kappa shape index (κ3) is 10.7. The summed E-state index contributed by atoms with van der Waals surface area (Å²) in [6.07, 6.45) is -0.0360. The Morgan fingerprint density at radius 2 is 1.83 bits per heavy atom. The number of carbonyl (C=O) groups excluding carboxylic acids is 3. The zero-order valence-electron chi connectivity index (χ0n) is 36.8. The lowest BCUT2D eigenvalue weighted by Crippen LogP contribution is -2.60. The predicted molar refractivity (Wildman–Crippen MR) is 220 cm³/mol. The van der Waals surface area contributed by atoms with E-state index in [4.69, 9.17) is 28.5 Å². The number of ether oxygens (including phenoxy) is 5. The molecule has 13 atom stereocenters. The number of aliphatic imine (C=N–C) groups is 1. The van der Waals surface area contributed by atoms with Crippen LogP contribution in [-0.2, 0) is 49.5 Å². The molecule has 5 heterocycles. The smallest absolute Gasteiger partial charge is 0.316 e. The molecule has 0 spiro atoms. The highest BCUT2D eigenvalue weighted by atomic mass is 16.7. The monoisotopic (exact) mass is 840 g/mol. The van der Waals surface area contributed by atoms with Crippen LogP contribution in [0.4, 0.5) is 0 Å². The molecule has 0 aromatic carbocycles. The Morgan fingerprint density at radius 1 is 1.10 bits per heavy atom. The Kier molecular flexibility index (Phi) is 15.6. The van der Waals surface area contributed by atoms with E-state index >= 15 is 0 Å². The third-order valence-electron chi connectivity index (χ3n) is 12.1. The molecule has 5 rings (SSSR count). The average molecular weight is 841 g/mol. The van der Waals surface area contributed by atoms with E-state index in [0.717, 1.165) is 5.56 Å². The summed E-state index contributed by atoms with van der Waals surface area (Å²) in [6, 6.07) is 5.13. The summed E-state index contributed by atoms with van der Waals surface area (Å²) in [5, 5.41) is 32.8. The number of ketones is 1. The Morgan fingerprint density at radius 3 is 2.45 bits per heavy atom.